The SMILES string of the molecule is COCc1nc(Cl)cc(NCc2cnc(C)cn2)n1. The number of anilines is 1. The van der Waals surface area contributed by atoms with E-state index >= 15 is 0 Å². The summed E-state index contributed by atoms with van der Waals surface area (Å²) in [6.07, 6.45) is 3.45. The Bertz CT molecular complexity index is 546. The first-order chi connectivity index (χ1) is 9.17. The number of halogens is 1. The fourth-order valence-corrected chi connectivity index (χ4v) is 1.64. The largest absolute Gasteiger partial charge is 0.377 e. The molecule has 2 heterocycles. The highest BCUT2D eigenvalue weighted by atomic mass is 35.5. The van der Waals surface area contributed by atoms with E-state index in [0.717, 1.165) is 11.4 Å². The Labute approximate surface area is 116 Å². The van der Waals surface area contributed by atoms with Crippen LogP contribution in [0.5, 0.6) is 0 Å². The molecule has 0 saturated heterocycles. The van der Waals surface area contributed by atoms with Gasteiger partial charge in [-0.05, 0) is 6.92 Å². The molecule has 0 radical (unpaired) electrons. The minimum atomic E-state index is 0.319. The molecule has 0 fully saturated rings. The summed E-state index contributed by atoms with van der Waals surface area (Å²) in [6, 6.07) is 1.66. The zero-order chi connectivity index (χ0) is 13.7. The average Bonchev–Trinajstić information content (AvgIpc) is 2.38. The van der Waals surface area contributed by atoms with Crippen LogP contribution in [0.3, 0.4) is 0 Å². The second-order valence-corrected chi connectivity index (χ2v) is 4.32. The summed E-state index contributed by atoms with van der Waals surface area (Å²) in [4.78, 5) is 16.8. The van der Waals surface area contributed by atoms with Crippen molar-refractivity contribution in [3.8, 4) is 0 Å². The molecule has 0 saturated carbocycles. The van der Waals surface area contributed by atoms with Crippen LogP contribution >= 0.6 is 11.6 Å². The molecule has 0 bridgehead atoms. The number of nitrogens with one attached hydrogen (secondary N) is 1. The van der Waals surface area contributed by atoms with Crippen molar-refractivity contribution in [2.24, 2.45) is 0 Å². The van der Waals surface area contributed by atoms with E-state index in [1.807, 2.05) is 6.92 Å². The van der Waals surface area contributed by atoms with Crippen molar-refractivity contribution in [1.29, 1.82) is 0 Å². The third-order valence-electron chi connectivity index (χ3n) is 2.30. The van der Waals surface area contributed by atoms with Gasteiger partial charge in [0.15, 0.2) is 5.82 Å². The van der Waals surface area contributed by atoms with Crippen LogP contribution in [0.2, 0.25) is 5.15 Å². The summed E-state index contributed by atoms with van der Waals surface area (Å²) in [7, 11) is 1.58. The molecule has 100 valence electrons. The lowest BCUT2D eigenvalue weighted by Crippen LogP contribution is -2.06. The fraction of sp³-hybridized carbons (Fsp3) is 0.333. The van der Waals surface area contributed by atoms with Crippen molar-refractivity contribution < 1.29 is 4.74 Å². The summed E-state index contributed by atoms with van der Waals surface area (Å²) >= 11 is 5.91. The Hall–Kier alpha value is -1.79. The smallest absolute Gasteiger partial charge is 0.158 e. The lowest BCUT2D eigenvalue weighted by atomic mass is 10.4. The van der Waals surface area contributed by atoms with E-state index in [1.165, 1.54) is 0 Å². The van der Waals surface area contributed by atoms with Gasteiger partial charge in [-0.25, -0.2) is 9.97 Å². The Kier molecular flexibility index (Phi) is 4.59. The van der Waals surface area contributed by atoms with E-state index in [9.17, 15) is 0 Å². The number of aromatic nitrogens is 4. The number of ether oxygens (including phenoxy) is 1. The van der Waals surface area contributed by atoms with Gasteiger partial charge in [0.25, 0.3) is 0 Å². The predicted octanol–water partition coefficient (Wildman–Crippen LogP) is 1.99. The lowest BCUT2D eigenvalue weighted by molar-refractivity contribution is 0.178. The Morgan fingerprint density at radius 1 is 1.26 bits per heavy atom. The minimum Gasteiger partial charge on any atom is -0.377 e. The van der Waals surface area contributed by atoms with Gasteiger partial charge in [0.1, 0.15) is 17.6 Å². The number of aryl methyl sites for hydroxylation is 1. The van der Waals surface area contributed by atoms with Gasteiger partial charge in [-0.2, -0.15) is 0 Å². The Balaban J connectivity index is 2.04. The van der Waals surface area contributed by atoms with E-state index in [0.29, 0.717) is 29.9 Å². The molecule has 0 aliphatic carbocycles. The van der Waals surface area contributed by atoms with Crippen molar-refractivity contribution in [2.75, 3.05) is 12.4 Å². The summed E-state index contributed by atoms with van der Waals surface area (Å²) in [5.74, 6) is 1.17. The van der Waals surface area contributed by atoms with Crippen molar-refractivity contribution in [2.45, 2.75) is 20.1 Å². The molecule has 1 N–H and O–H groups in total. The third kappa shape index (κ3) is 4.11. The number of hydrogen-bond donors (Lipinski definition) is 1. The first kappa shape index (κ1) is 13.6. The molecule has 0 aliphatic rings. The maximum atomic E-state index is 5.91. The number of hydrogen-bond acceptors (Lipinski definition) is 6. The molecule has 6 nitrogen and oxygen atoms in total. The maximum absolute atomic E-state index is 5.91. The molecule has 0 spiro atoms. The second-order valence-electron chi connectivity index (χ2n) is 3.93. The lowest BCUT2D eigenvalue weighted by Gasteiger charge is -2.07. The molecule has 2 aromatic heterocycles. The van der Waals surface area contributed by atoms with Gasteiger partial charge in [0.05, 0.1) is 24.1 Å². The fourth-order valence-electron chi connectivity index (χ4n) is 1.44. The van der Waals surface area contributed by atoms with Crippen LogP contribution in [-0.4, -0.2) is 27.0 Å². The van der Waals surface area contributed by atoms with E-state index in [4.69, 9.17) is 16.3 Å². The number of rotatable bonds is 5. The highest BCUT2D eigenvalue weighted by Crippen LogP contribution is 2.12. The Morgan fingerprint density at radius 3 is 2.79 bits per heavy atom. The topological polar surface area (TPSA) is 72.8 Å². The third-order valence-corrected chi connectivity index (χ3v) is 2.49. The molecule has 0 atom stereocenters. The Morgan fingerprint density at radius 2 is 2.11 bits per heavy atom. The molecular weight excluding hydrogens is 266 g/mol. The molecule has 7 heteroatoms. The minimum absolute atomic E-state index is 0.319. The number of methoxy groups -OCH3 is 1. The van der Waals surface area contributed by atoms with Gasteiger partial charge < -0.3 is 10.1 Å². The molecule has 0 amide bonds. The first-order valence-corrected chi connectivity index (χ1v) is 6.09. The van der Waals surface area contributed by atoms with Crippen molar-refractivity contribution in [3.63, 3.8) is 0 Å². The van der Waals surface area contributed by atoms with Crippen molar-refractivity contribution in [1.82, 2.24) is 19.9 Å². The highest BCUT2D eigenvalue weighted by Gasteiger charge is 2.03. The monoisotopic (exact) mass is 279 g/mol. The predicted molar refractivity (Wildman–Crippen MR) is 71.9 cm³/mol. The summed E-state index contributed by atoms with van der Waals surface area (Å²) < 4.78 is 4.98. The van der Waals surface area contributed by atoms with Gasteiger partial charge in [0.2, 0.25) is 0 Å². The van der Waals surface area contributed by atoms with E-state index in [-0.39, 0.29) is 0 Å². The van der Waals surface area contributed by atoms with Crippen LogP contribution in [0.25, 0.3) is 0 Å². The number of nitrogens with zero attached hydrogens (tertiary/aromatic N) is 4. The van der Waals surface area contributed by atoms with E-state index in [1.54, 1.807) is 25.6 Å². The summed E-state index contributed by atoms with van der Waals surface area (Å²) in [5.41, 5.74) is 1.71. The van der Waals surface area contributed by atoms with Gasteiger partial charge in [-0.15, -0.1) is 0 Å². The van der Waals surface area contributed by atoms with Crippen LogP contribution in [-0.2, 0) is 17.9 Å². The van der Waals surface area contributed by atoms with Crippen LogP contribution in [0.1, 0.15) is 17.2 Å². The average molecular weight is 280 g/mol. The first-order valence-electron chi connectivity index (χ1n) is 5.71. The van der Waals surface area contributed by atoms with E-state index in [2.05, 4.69) is 25.3 Å². The second kappa shape index (κ2) is 6.40. The van der Waals surface area contributed by atoms with E-state index < -0.39 is 0 Å². The van der Waals surface area contributed by atoms with Crippen LogP contribution in [0.15, 0.2) is 18.5 Å². The molecular formula is C12H14ClN5O. The molecule has 2 rings (SSSR count). The zero-order valence-corrected chi connectivity index (χ0v) is 11.5. The molecule has 0 aromatic carbocycles. The van der Waals surface area contributed by atoms with Crippen LogP contribution in [0.4, 0.5) is 5.82 Å². The molecule has 19 heavy (non-hydrogen) atoms. The standard InChI is InChI=1S/C12H14ClN5O/c1-8-4-15-9(5-14-8)6-16-11-3-10(13)17-12(18-11)7-19-2/h3-5H,6-7H2,1-2H3,(H,16,17,18). The molecule has 0 aliphatic heterocycles. The normalized spacial score (nSPS) is 10.5. The van der Waals surface area contributed by atoms with Crippen LogP contribution < -0.4 is 5.32 Å². The van der Waals surface area contributed by atoms with Gasteiger partial charge in [0, 0.05) is 19.4 Å². The highest BCUT2D eigenvalue weighted by molar-refractivity contribution is 6.29. The van der Waals surface area contributed by atoms with Gasteiger partial charge >= 0.3 is 0 Å². The zero-order valence-electron chi connectivity index (χ0n) is 10.7. The molecule has 2 aromatic rings. The van der Waals surface area contributed by atoms with Crippen molar-refractivity contribution in [3.05, 3.63) is 40.8 Å². The van der Waals surface area contributed by atoms with Gasteiger partial charge in [-0.3, -0.25) is 9.97 Å². The van der Waals surface area contributed by atoms with Gasteiger partial charge in [-0.1, -0.05) is 11.6 Å². The molecule has 0 unspecified atom stereocenters. The quantitative estimate of drug-likeness (QED) is 0.844. The van der Waals surface area contributed by atoms with Crippen LogP contribution in [0, 0.1) is 6.92 Å². The summed E-state index contributed by atoms with van der Waals surface area (Å²) in [6.45, 7) is 2.73. The summed E-state index contributed by atoms with van der Waals surface area (Å²) in [5, 5.41) is 3.50. The van der Waals surface area contributed by atoms with Crippen molar-refractivity contribution >= 4 is 17.4 Å². The maximum Gasteiger partial charge on any atom is 0.158 e.